The fraction of sp³-hybridized carbons (Fsp3) is 0.412. The van der Waals surface area contributed by atoms with Gasteiger partial charge in [-0.3, -0.25) is 9.59 Å². The van der Waals surface area contributed by atoms with Crippen LogP contribution in [0.3, 0.4) is 0 Å². The number of rotatable bonds is 5. The normalized spacial score (nSPS) is 17.2. The molecule has 1 aromatic carbocycles. The summed E-state index contributed by atoms with van der Waals surface area (Å²) in [5.41, 5.74) is 2.01. The molecule has 1 amide bonds. The molecule has 0 aromatic heterocycles. The summed E-state index contributed by atoms with van der Waals surface area (Å²) in [6.45, 7) is 9.75. The number of nitrogens with zero attached hydrogens (tertiary/aromatic N) is 1. The summed E-state index contributed by atoms with van der Waals surface area (Å²) < 4.78 is 0. The Balaban J connectivity index is 2.47. The van der Waals surface area contributed by atoms with Crippen molar-refractivity contribution >= 4 is 17.4 Å². The lowest BCUT2D eigenvalue weighted by Gasteiger charge is -2.26. The molecule has 1 atom stereocenters. The number of ketones is 1. The van der Waals surface area contributed by atoms with Crippen LogP contribution >= 0.6 is 0 Å². The molecular weight excluding hydrogens is 266 g/mol. The lowest BCUT2D eigenvalue weighted by molar-refractivity contribution is -0.118. The first-order chi connectivity index (χ1) is 9.81. The van der Waals surface area contributed by atoms with E-state index in [0.29, 0.717) is 30.0 Å². The highest BCUT2D eigenvalue weighted by molar-refractivity contribution is 6.00. The second kappa shape index (κ2) is 5.72. The van der Waals surface area contributed by atoms with Gasteiger partial charge in [-0.15, -0.1) is 0 Å². The Bertz CT molecular complexity index is 604. The maximum Gasteiger partial charge on any atom is 0.254 e. The van der Waals surface area contributed by atoms with E-state index in [1.807, 2.05) is 13.8 Å². The van der Waals surface area contributed by atoms with Gasteiger partial charge in [-0.25, -0.2) is 0 Å². The number of carbonyl (C=O) groups is 2. The number of amides is 1. The van der Waals surface area contributed by atoms with E-state index in [1.54, 1.807) is 23.1 Å². The van der Waals surface area contributed by atoms with Gasteiger partial charge in [-0.2, -0.15) is 0 Å². The standard InChI is InChI=1S/C17H21NO3/c1-10(2)9-18-16(7-11(3)19)15-8-13(12(4)20)5-6-14(15)17(18)21/h5-6,8,10,16,20H,4,7,9H2,1-3H3. The average Bonchev–Trinajstić information content (AvgIpc) is 2.63. The predicted molar refractivity (Wildman–Crippen MR) is 82.0 cm³/mol. The van der Waals surface area contributed by atoms with Crippen LogP contribution < -0.4 is 0 Å². The molecule has 1 aromatic rings. The molecular formula is C17H21NO3. The van der Waals surface area contributed by atoms with Crippen LogP contribution in [-0.4, -0.2) is 28.2 Å². The van der Waals surface area contributed by atoms with Crippen molar-refractivity contribution < 1.29 is 14.7 Å². The van der Waals surface area contributed by atoms with Gasteiger partial charge in [0.25, 0.3) is 5.91 Å². The minimum atomic E-state index is -0.244. The zero-order chi connectivity index (χ0) is 15.7. The van der Waals surface area contributed by atoms with E-state index in [1.165, 1.54) is 6.92 Å². The van der Waals surface area contributed by atoms with Crippen molar-refractivity contribution in [3.63, 3.8) is 0 Å². The first-order valence-electron chi connectivity index (χ1n) is 7.13. The van der Waals surface area contributed by atoms with Gasteiger partial charge in [-0.05, 0) is 30.5 Å². The number of aliphatic hydroxyl groups is 1. The van der Waals surface area contributed by atoms with Crippen LogP contribution in [0.2, 0.25) is 0 Å². The quantitative estimate of drug-likeness (QED) is 0.845. The summed E-state index contributed by atoms with van der Waals surface area (Å²) in [6.07, 6.45) is 0.298. The van der Waals surface area contributed by atoms with Gasteiger partial charge in [0.15, 0.2) is 0 Å². The minimum absolute atomic E-state index is 0.0332. The number of benzene rings is 1. The third kappa shape index (κ3) is 2.99. The third-order valence-corrected chi connectivity index (χ3v) is 3.65. The van der Waals surface area contributed by atoms with Crippen molar-refractivity contribution in [1.29, 1.82) is 0 Å². The van der Waals surface area contributed by atoms with Crippen LogP contribution in [-0.2, 0) is 4.79 Å². The molecule has 2 rings (SSSR count). The number of fused-ring (bicyclic) bond motifs is 1. The molecule has 4 heteroatoms. The largest absolute Gasteiger partial charge is 0.508 e. The van der Waals surface area contributed by atoms with Crippen LogP contribution in [0.1, 0.15) is 54.7 Å². The molecule has 1 unspecified atom stereocenters. The maximum absolute atomic E-state index is 12.5. The molecule has 112 valence electrons. The average molecular weight is 287 g/mol. The lowest BCUT2D eigenvalue weighted by atomic mass is 9.97. The summed E-state index contributed by atoms with van der Waals surface area (Å²) in [5, 5.41) is 9.54. The monoisotopic (exact) mass is 287 g/mol. The van der Waals surface area contributed by atoms with Crippen molar-refractivity contribution in [2.75, 3.05) is 6.54 Å². The van der Waals surface area contributed by atoms with E-state index in [2.05, 4.69) is 6.58 Å². The maximum atomic E-state index is 12.5. The molecule has 21 heavy (non-hydrogen) atoms. The number of carbonyl (C=O) groups excluding carboxylic acids is 2. The Kier molecular flexibility index (Phi) is 4.16. The van der Waals surface area contributed by atoms with Crippen LogP contribution in [0.5, 0.6) is 0 Å². The fourth-order valence-corrected chi connectivity index (χ4v) is 2.77. The molecule has 0 fully saturated rings. The van der Waals surface area contributed by atoms with Gasteiger partial charge >= 0.3 is 0 Å². The molecule has 0 radical (unpaired) electrons. The SMILES string of the molecule is C=C(O)c1ccc2c(c1)C(CC(C)=O)N(CC(C)C)C2=O. The molecule has 0 saturated heterocycles. The fourth-order valence-electron chi connectivity index (χ4n) is 2.77. The molecule has 0 spiro atoms. The summed E-state index contributed by atoms with van der Waals surface area (Å²) in [5.74, 6) is 0.293. The van der Waals surface area contributed by atoms with Crippen LogP contribution in [0.4, 0.5) is 0 Å². The first-order valence-corrected chi connectivity index (χ1v) is 7.13. The van der Waals surface area contributed by atoms with Crippen molar-refractivity contribution in [2.24, 2.45) is 5.92 Å². The zero-order valence-corrected chi connectivity index (χ0v) is 12.7. The smallest absolute Gasteiger partial charge is 0.254 e. The first kappa shape index (κ1) is 15.3. The molecule has 1 N–H and O–H groups in total. The Morgan fingerprint density at radius 2 is 2.10 bits per heavy atom. The van der Waals surface area contributed by atoms with Gasteiger partial charge in [0.2, 0.25) is 0 Å². The summed E-state index contributed by atoms with van der Waals surface area (Å²) in [6, 6.07) is 4.92. The summed E-state index contributed by atoms with van der Waals surface area (Å²) in [7, 11) is 0. The Labute approximate surface area is 125 Å². The number of hydrogen-bond acceptors (Lipinski definition) is 3. The number of Topliss-reactive ketones (excluding diaryl/α,β-unsaturated/α-hetero) is 1. The Hall–Kier alpha value is -2.10. The van der Waals surface area contributed by atoms with Crippen molar-refractivity contribution in [2.45, 2.75) is 33.2 Å². The van der Waals surface area contributed by atoms with Gasteiger partial charge < -0.3 is 10.0 Å². The molecule has 4 nitrogen and oxygen atoms in total. The van der Waals surface area contributed by atoms with Gasteiger partial charge in [0.05, 0.1) is 6.04 Å². The Morgan fingerprint density at radius 1 is 1.43 bits per heavy atom. The number of hydrogen-bond donors (Lipinski definition) is 1. The highest BCUT2D eigenvalue weighted by Gasteiger charge is 2.37. The van der Waals surface area contributed by atoms with Crippen LogP contribution in [0.15, 0.2) is 24.8 Å². The van der Waals surface area contributed by atoms with Gasteiger partial charge in [0, 0.05) is 24.1 Å². The predicted octanol–water partition coefficient (Wildman–Crippen LogP) is 3.35. The highest BCUT2D eigenvalue weighted by Crippen LogP contribution is 2.37. The van der Waals surface area contributed by atoms with E-state index in [4.69, 9.17) is 0 Å². The van der Waals surface area contributed by atoms with Crippen LogP contribution in [0.25, 0.3) is 5.76 Å². The van der Waals surface area contributed by atoms with E-state index >= 15 is 0 Å². The zero-order valence-electron chi connectivity index (χ0n) is 12.7. The lowest BCUT2D eigenvalue weighted by Crippen LogP contribution is -2.32. The third-order valence-electron chi connectivity index (χ3n) is 3.65. The molecule has 0 bridgehead atoms. The van der Waals surface area contributed by atoms with E-state index in [-0.39, 0.29) is 23.5 Å². The van der Waals surface area contributed by atoms with E-state index in [9.17, 15) is 14.7 Å². The van der Waals surface area contributed by atoms with Crippen molar-refractivity contribution in [1.82, 2.24) is 4.90 Å². The van der Waals surface area contributed by atoms with Crippen LogP contribution in [0, 0.1) is 5.92 Å². The second-order valence-corrected chi connectivity index (χ2v) is 6.02. The van der Waals surface area contributed by atoms with Crippen molar-refractivity contribution in [3.05, 3.63) is 41.5 Å². The topological polar surface area (TPSA) is 57.6 Å². The molecule has 1 heterocycles. The van der Waals surface area contributed by atoms with E-state index in [0.717, 1.165) is 5.56 Å². The minimum Gasteiger partial charge on any atom is -0.508 e. The van der Waals surface area contributed by atoms with Gasteiger partial charge in [-0.1, -0.05) is 26.5 Å². The van der Waals surface area contributed by atoms with Crippen molar-refractivity contribution in [3.8, 4) is 0 Å². The highest BCUT2D eigenvalue weighted by atomic mass is 16.3. The molecule has 1 aliphatic rings. The van der Waals surface area contributed by atoms with Gasteiger partial charge in [0.1, 0.15) is 11.5 Å². The van der Waals surface area contributed by atoms with E-state index < -0.39 is 0 Å². The number of aliphatic hydroxyl groups excluding tert-OH is 1. The molecule has 0 aliphatic carbocycles. The molecule has 1 aliphatic heterocycles. The molecule has 0 saturated carbocycles. The Morgan fingerprint density at radius 3 is 2.62 bits per heavy atom. The summed E-state index contributed by atoms with van der Waals surface area (Å²) >= 11 is 0. The summed E-state index contributed by atoms with van der Waals surface area (Å²) in [4.78, 5) is 25.9. The second-order valence-electron chi connectivity index (χ2n) is 6.02.